The maximum atomic E-state index is 11.9. The zero-order chi connectivity index (χ0) is 14.4. The summed E-state index contributed by atoms with van der Waals surface area (Å²) in [5.41, 5.74) is 1.29. The molecule has 1 atom stereocenters. The Morgan fingerprint density at radius 3 is 2.55 bits per heavy atom. The van der Waals surface area contributed by atoms with Gasteiger partial charge in [-0.25, -0.2) is 0 Å². The Morgan fingerprint density at radius 1 is 1.30 bits per heavy atom. The summed E-state index contributed by atoms with van der Waals surface area (Å²) >= 11 is 0. The molecule has 0 spiro atoms. The van der Waals surface area contributed by atoms with Crippen molar-refractivity contribution in [2.24, 2.45) is 0 Å². The number of piperazine rings is 1. The van der Waals surface area contributed by atoms with E-state index < -0.39 is 0 Å². The lowest BCUT2D eigenvalue weighted by molar-refractivity contribution is -0.892. The van der Waals surface area contributed by atoms with Gasteiger partial charge in [0.1, 0.15) is 0 Å². The molecule has 110 valence electrons. The number of carbonyl (C=O) groups excluding carboxylic acids is 1. The molecule has 1 aliphatic heterocycles. The van der Waals surface area contributed by atoms with Crippen LogP contribution in [0.1, 0.15) is 20.3 Å². The topological polar surface area (TPSA) is 36.8 Å². The van der Waals surface area contributed by atoms with E-state index >= 15 is 0 Å². The van der Waals surface area contributed by atoms with Gasteiger partial charge in [-0.2, -0.15) is 0 Å². The first-order chi connectivity index (χ1) is 9.69. The van der Waals surface area contributed by atoms with Gasteiger partial charge >= 0.3 is 0 Å². The molecule has 20 heavy (non-hydrogen) atoms. The van der Waals surface area contributed by atoms with Crippen molar-refractivity contribution < 1.29 is 9.69 Å². The van der Waals surface area contributed by atoms with E-state index in [1.165, 1.54) is 10.6 Å². The van der Waals surface area contributed by atoms with Crippen molar-refractivity contribution in [1.29, 1.82) is 0 Å². The monoisotopic (exact) mass is 276 g/mol. The number of hydrogen-bond acceptors (Lipinski definition) is 2. The van der Waals surface area contributed by atoms with E-state index in [0.717, 1.165) is 32.6 Å². The lowest BCUT2D eigenvalue weighted by Gasteiger charge is -2.33. The highest BCUT2D eigenvalue weighted by molar-refractivity contribution is 5.77. The second-order valence-corrected chi connectivity index (χ2v) is 5.63. The Kier molecular flexibility index (Phi) is 5.41. The second-order valence-electron chi connectivity index (χ2n) is 5.63. The minimum atomic E-state index is 0.183. The molecule has 0 bridgehead atoms. The van der Waals surface area contributed by atoms with Crippen LogP contribution in [0.25, 0.3) is 0 Å². The molecule has 1 saturated heterocycles. The first-order valence-electron chi connectivity index (χ1n) is 7.62. The number of nitrogens with zero attached hydrogens (tertiary/aromatic N) is 1. The smallest absolute Gasteiger partial charge is 0.275 e. The molecule has 1 aliphatic rings. The molecule has 1 amide bonds. The minimum Gasteiger partial charge on any atom is -0.360 e. The van der Waals surface area contributed by atoms with Crippen LogP contribution in [0.4, 0.5) is 5.69 Å². The van der Waals surface area contributed by atoms with Crippen molar-refractivity contribution in [2.75, 3.05) is 37.6 Å². The normalized spacial score (nSPS) is 17.8. The van der Waals surface area contributed by atoms with Gasteiger partial charge in [-0.15, -0.1) is 0 Å². The summed E-state index contributed by atoms with van der Waals surface area (Å²) < 4.78 is 0. The molecule has 0 radical (unpaired) electrons. The van der Waals surface area contributed by atoms with Crippen LogP contribution in [0, 0.1) is 0 Å². The number of benzene rings is 1. The van der Waals surface area contributed by atoms with Gasteiger partial charge in [0.25, 0.3) is 5.91 Å². The van der Waals surface area contributed by atoms with Crippen LogP contribution in [0.2, 0.25) is 0 Å². The number of amides is 1. The molecule has 1 heterocycles. The summed E-state index contributed by atoms with van der Waals surface area (Å²) in [5, 5.41) is 3.05. The Morgan fingerprint density at radius 2 is 1.95 bits per heavy atom. The number of quaternary nitrogens is 1. The summed E-state index contributed by atoms with van der Waals surface area (Å²) in [5.74, 6) is 0.183. The fraction of sp³-hybridized carbons (Fsp3) is 0.562. The molecule has 1 fully saturated rings. The van der Waals surface area contributed by atoms with Crippen molar-refractivity contribution in [2.45, 2.75) is 26.3 Å². The molecule has 0 unspecified atom stereocenters. The summed E-state index contributed by atoms with van der Waals surface area (Å²) in [6.07, 6.45) is 0.989. The number of rotatable bonds is 5. The molecular weight excluding hydrogens is 250 g/mol. The third-order valence-corrected chi connectivity index (χ3v) is 4.02. The molecule has 1 aromatic carbocycles. The van der Waals surface area contributed by atoms with Crippen LogP contribution in [-0.4, -0.2) is 44.7 Å². The van der Waals surface area contributed by atoms with E-state index in [-0.39, 0.29) is 11.9 Å². The second kappa shape index (κ2) is 7.29. The number of para-hydroxylation sites is 1. The number of hydrogen-bond donors (Lipinski definition) is 2. The molecule has 0 saturated carbocycles. The SMILES string of the molecule is CC[C@H](C)NC(=O)C[NH+]1CCN(c2ccccc2)CC1. The van der Waals surface area contributed by atoms with Gasteiger partial charge in [0, 0.05) is 11.7 Å². The van der Waals surface area contributed by atoms with Gasteiger partial charge in [0.2, 0.25) is 0 Å². The van der Waals surface area contributed by atoms with E-state index in [9.17, 15) is 4.79 Å². The molecule has 1 aromatic rings. The van der Waals surface area contributed by atoms with E-state index in [2.05, 4.69) is 48.3 Å². The Bertz CT molecular complexity index is 413. The number of nitrogens with one attached hydrogen (secondary N) is 2. The predicted molar refractivity (Wildman–Crippen MR) is 82.1 cm³/mol. The lowest BCUT2D eigenvalue weighted by Crippen LogP contribution is -3.16. The summed E-state index contributed by atoms with van der Waals surface area (Å²) in [4.78, 5) is 15.7. The first-order valence-corrected chi connectivity index (χ1v) is 7.62. The predicted octanol–water partition coefficient (Wildman–Crippen LogP) is 0.306. The van der Waals surface area contributed by atoms with Crippen LogP contribution >= 0.6 is 0 Å². The Labute approximate surface area is 121 Å². The number of anilines is 1. The van der Waals surface area contributed by atoms with Crippen molar-refractivity contribution in [3.05, 3.63) is 30.3 Å². The van der Waals surface area contributed by atoms with Crippen molar-refractivity contribution in [3.8, 4) is 0 Å². The molecule has 0 aromatic heterocycles. The third-order valence-electron chi connectivity index (χ3n) is 4.02. The van der Waals surface area contributed by atoms with E-state index in [0.29, 0.717) is 6.54 Å². The number of carbonyl (C=O) groups is 1. The molecule has 4 nitrogen and oxygen atoms in total. The Balaban J connectivity index is 1.76. The largest absolute Gasteiger partial charge is 0.360 e. The highest BCUT2D eigenvalue weighted by atomic mass is 16.2. The van der Waals surface area contributed by atoms with Crippen LogP contribution < -0.4 is 15.1 Å². The van der Waals surface area contributed by atoms with Crippen molar-refractivity contribution >= 4 is 11.6 Å². The zero-order valence-corrected chi connectivity index (χ0v) is 12.6. The molecule has 2 rings (SSSR count). The quantitative estimate of drug-likeness (QED) is 0.812. The van der Waals surface area contributed by atoms with Gasteiger partial charge in [-0.3, -0.25) is 4.79 Å². The summed E-state index contributed by atoms with van der Waals surface area (Å²) in [6.45, 7) is 8.86. The summed E-state index contributed by atoms with van der Waals surface area (Å²) in [6, 6.07) is 10.8. The van der Waals surface area contributed by atoms with Crippen LogP contribution in [0.5, 0.6) is 0 Å². The third kappa shape index (κ3) is 4.23. The van der Waals surface area contributed by atoms with Gasteiger partial charge in [-0.05, 0) is 25.5 Å². The Hall–Kier alpha value is -1.55. The van der Waals surface area contributed by atoms with Crippen LogP contribution in [0.3, 0.4) is 0 Å². The first kappa shape index (κ1) is 14.9. The van der Waals surface area contributed by atoms with Crippen LogP contribution in [0.15, 0.2) is 30.3 Å². The lowest BCUT2D eigenvalue weighted by atomic mass is 10.2. The molecule has 4 heteroatoms. The fourth-order valence-electron chi connectivity index (χ4n) is 2.55. The van der Waals surface area contributed by atoms with Crippen molar-refractivity contribution in [1.82, 2.24) is 5.32 Å². The van der Waals surface area contributed by atoms with E-state index in [1.54, 1.807) is 0 Å². The molecule has 2 N–H and O–H groups in total. The summed E-state index contributed by atoms with van der Waals surface area (Å²) in [7, 11) is 0. The average Bonchev–Trinajstić information content (AvgIpc) is 2.48. The van der Waals surface area contributed by atoms with Gasteiger partial charge in [0.15, 0.2) is 6.54 Å². The highest BCUT2D eigenvalue weighted by Crippen LogP contribution is 2.12. The van der Waals surface area contributed by atoms with Gasteiger partial charge in [-0.1, -0.05) is 25.1 Å². The maximum Gasteiger partial charge on any atom is 0.275 e. The molecular formula is C16H26N3O+. The maximum absolute atomic E-state index is 11.9. The van der Waals surface area contributed by atoms with E-state index in [4.69, 9.17) is 0 Å². The fourth-order valence-corrected chi connectivity index (χ4v) is 2.55. The van der Waals surface area contributed by atoms with Crippen molar-refractivity contribution in [3.63, 3.8) is 0 Å². The standard InChI is InChI=1S/C16H25N3O/c1-3-14(2)17-16(20)13-18-9-11-19(12-10-18)15-7-5-4-6-8-15/h4-8,14H,3,9-13H2,1-2H3,(H,17,20)/p+1/t14-/m0/s1. The zero-order valence-electron chi connectivity index (χ0n) is 12.6. The molecule has 0 aliphatic carbocycles. The van der Waals surface area contributed by atoms with Crippen LogP contribution in [-0.2, 0) is 4.79 Å². The minimum absolute atomic E-state index is 0.183. The highest BCUT2D eigenvalue weighted by Gasteiger charge is 2.22. The average molecular weight is 276 g/mol. The van der Waals surface area contributed by atoms with Gasteiger partial charge in [0.05, 0.1) is 26.2 Å². The van der Waals surface area contributed by atoms with Gasteiger partial charge < -0.3 is 15.1 Å². The van der Waals surface area contributed by atoms with E-state index in [1.807, 2.05) is 6.07 Å².